The van der Waals surface area contributed by atoms with Gasteiger partial charge in [-0.2, -0.15) is 0 Å². The molecule has 34 heavy (non-hydrogen) atoms. The van der Waals surface area contributed by atoms with Gasteiger partial charge in [0.2, 0.25) is 11.8 Å². The summed E-state index contributed by atoms with van der Waals surface area (Å²) in [4.78, 5) is 45.5. The van der Waals surface area contributed by atoms with Gasteiger partial charge in [-0.05, 0) is 23.5 Å². The zero-order valence-electron chi connectivity index (χ0n) is 20.6. The van der Waals surface area contributed by atoms with Gasteiger partial charge < -0.3 is 15.3 Å². The minimum Gasteiger partial charge on any atom is -0.391 e. The summed E-state index contributed by atoms with van der Waals surface area (Å²) < 4.78 is 0. The lowest BCUT2D eigenvalue weighted by Crippen LogP contribution is -2.50. The van der Waals surface area contributed by atoms with E-state index in [-0.39, 0.29) is 37.0 Å². The largest absolute Gasteiger partial charge is 0.391 e. The first kappa shape index (κ1) is 26.0. The molecule has 8 heteroatoms. The van der Waals surface area contributed by atoms with E-state index >= 15 is 0 Å². The number of hydrogen-bond donors (Lipinski definition) is 2. The molecule has 0 spiro atoms. The third kappa shape index (κ3) is 6.10. The summed E-state index contributed by atoms with van der Waals surface area (Å²) in [5, 5.41) is 13.2. The normalized spacial score (nSPS) is 19.2. The van der Waals surface area contributed by atoms with Gasteiger partial charge in [0.05, 0.1) is 22.2 Å². The number of aliphatic hydroxyl groups is 1. The molecular formula is C26H35N3O4S. The summed E-state index contributed by atoms with van der Waals surface area (Å²) in [5.74, 6) is -1.05. The van der Waals surface area contributed by atoms with E-state index in [1.54, 1.807) is 18.3 Å². The van der Waals surface area contributed by atoms with Crippen molar-refractivity contribution in [3.8, 4) is 10.4 Å². The number of hydrogen-bond acceptors (Lipinski definition) is 6. The van der Waals surface area contributed by atoms with Crippen molar-refractivity contribution in [2.75, 3.05) is 6.54 Å². The van der Waals surface area contributed by atoms with Gasteiger partial charge >= 0.3 is 0 Å². The van der Waals surface area contributed by atoms with E-state index in [0.29, 0.717) is 13.0 Å². The lowest BCUT2D eigenvalue weighted by molar-refractivity contribution is -0.146. The Morgan fingerprint density at radius 1 is 1.24 bits per heavy atom. The number of ketones is 1. The third-order valence-electron chi connectivity index (χ3n) is 6.46. The van der Waals surface area contributed by atoms with Crippen LogP contribution in [-0.4, -0.2) is 51.3 Å². The molecule has 3 atom stereocenters. The number of amides is 2. The molecule has 2 amide bonds. The molecule has 0 radical (unpaired) electrons. The highest BCUT2D eigenvalue weighted by Crippen LogP contribution is 2.33. The zero-order valence-corrected chi connectivity index (χ0v) is 21.4. The van der Waals surface area contributed by atoms with E-state index in [1.165, 1.54) is 4.90 Å². The van der Waals surface area contributed by atoms with Crippen molar-refractivity contribution in [3.63, 3.8) is 0 Å². The fraction of sp³-hybridized carbons (Fsp3) is 0.538. The second-order valence-electron chi connectivity index (χ2n) is 10.1. The van der Waals surface area contributed by atoms with Gasteiger partial charge in [-0.1, -0.05) is 52.0 Å². The Balaban J connectivity index is 1.67. The quantitative estimate of drug-likeness (QED) is 0.594. The van der Waals surface area contributed by atoms with Crippen molar-refractivity contribution in [2.24, 2.45) is 11.3 Å². The molecule has 1 fully saturated rings. The Labute approximate surface area is 205 Å². The van der Waals surface area contributed by atoms with Gasteiger partial charge in [-0.3, -0.25) is 14.4 Å². The maximum Gasteiger partial charge on any atom is 0.243 e. The number of aryl methyl sites for hydroxylation is 1. The van der Waals surface area contributed by atoms with Gasteiger partial charge in [-0.25, -0.2) is 4.98 Å². The lowest BCUT2D eigenvalue weighted by atomic mass is 9.76. The second-order valence-corrected chi connectivity index (χ2v) is 10.9. The van der Waals surface area contributed by atoms with Crippen LogP contribution in [0.5, 0.6) is 0 Å². The Morgan fingerprint density at radius 2 is 1.91 bits per heavy atom. The monoisotopic (exact) mass is 485 g/mol. The van der Waals surface area contributed by atoms with Crippen LogP contribution >= 0.6 is 11.3 Å². The fourth-order valence-electron chi connectivity index (χ4n) is 4.30. The molecule has 184 valence electrons. The van der Waals surface area contributed by atoms with Crippen LogP contribution in [0.3, 0.4) is 0 Å². The van der Waals surface area contributed by atoms with Crippen LogP contribution in [0.1, 0.15) is 58.2 Å². The predicted molar refractivity (Wildman–Crippen MR) is 133 cm³/mol. The summed E-state index contributed by atoms with van der Waals surface area (Å²) >= 11 is 1.59. The number of nitrogens with one attached hydrogen (secondary N) is 1. The van der Waals surface area contributed by atoms with Crippen molar-refractivity contribution in [3.05, 3.63) is 41.0 Å². The fourth-order valence-corrected chi connectivity index (χ4v) is 5.11. The Kier molecular flexibility index (Phi) is 8.25. The van der Waals surface area contributed by atoms with Crippen molar-refractivity contribution < 1.29 is 19.5 Å². The van der Waals surface area contributed by atoms with Gasteiger partial charge in [0.15, 0.2) is 0 Å². The highest BCUT2D eigenvalue weighted by molar-refractivity contribution is 7.13. The smallest absolute Gasteiger partial charge is 0.243 e. The summed E-state index contributed by atoms with van der Waals surface area (Å²) in [7, 11) is 0. The molecule has 7 nitrogen and oxygen atoms in total. The van der Waals surface area contributed by atoms with E-state index < -0.39 is 23.5 Å². The number of likely N-dealkylation sites (tertiary alicyclic amines) is 1. The van der Waals surface area contributed by atoms with E-state index in [9.17, 15) is 19.5 Å². The van der Waals surface area contributed by atoms with Crippen LogP contribution in [0.2, 0.25) is 0 Å². The van der Waals surface area contributed by atoms with Crippen molar-refractivity contribution >= 4 is 28.9 Å². The molecule has 0 saturated carbocycles. The summed E-state index contributed by atoms with van der Waals surface area (Å²) in [6.45, 7) is 9.98. The first-order valence-electron chi connectivity index (χ1n) is 11.8. The highest BCUT2D eigenvalue weighted by Gasteiger charge is 2.44. The topological polar surface area (TPSA) is 99.6 Å². The number of aliphatic hydroxyl groups excluding tert-OH is 1. The number of Topliss-reactive ketones (excluding diaryl/α,β-unsaturated/α-hetero) is 1. The molecule has 0 unspecified atom stereocenters. The minimum atomic E-state index is -0.760. The van der Waals surface area contributed by atoms with Crippen molar-refractivity contribution in [1.29, 1.82) is 0 Å². The van der Waals surface area contributed by atoms with Crippen LogP contribution in [0.25, 0.3) is 10.4 Å². The van der Waals surface area contributed by atoms with E-state index in [1.807, 2.05) is 57.5 Å². The summed E-state index contributed by atoms with van der Waals surface area (Å²) in [6, 6.07) is 7.20. The van der Waals surface area contributed by atoms with E-state index in [0.717, 1.165) is 21.7 Å². The number of β-amino-alcohol motifs (C(OH)–C–C–N with tert-alkyl or cyclic N) is 1. The predicted octanol–water partition coefficient (Wildman–Crippen LogP) is 3.73. The average Bonchev–Trinajstić information content (AvgIpc) is 3.40. The van der Waals surface area contributed by atoms with E-state index in [2.05, 4.69) is 10.3 Å². The Bertz CT molecular complexity index is 1030. The average molecular weight is 486 g/mol. The number of aromatic nitrogens is 1. The maximum atomic E-state index is 13.4. The molecule has 0 bridgehead atoms. The van der Waals surface area contributed by atoms with Gasteiger partial charge in [0, 0.05) is 38.3 Å². The molecule has 1 saturated heterocycles. The number of nitrogens with zero attached hydrogens (tertiary/aromatic N) is 2. The lowest BCUT2D eigenvalue weighted by Gasteiger charge is -2.34. The number of carbonyl (C=O) groups excluding carboxylic acids is 3. The first-order valence-corrected chi connectivity index (χ1v) is 12.7. The summed E-state index contributed by atoms with van der Waals surface area (Å²) in [6.07, 6.45) is -0.0529. The van der Waals surface area contributed by atoms with Crippen LogP contribution in [0.4, 0.5) is 0 Å². The van der Waals surface area contributed by atoms with Gasteiger partial charge in [-0.15, -0.1) is 11.3 Å². The number of benzene rings is 1. The van der Waals surface area contributed by atoms with E-state index in [4.69, 9.17) is 0 Å². The first-order chi connectivity index (χ1) is 16.0. The zero-order chi connectivity index (χ0) is 25.0. The molecule has 1 aromatic heterocycles. The van der Waals surface area contributed by atoms with Crippen molar-refractivity contribution in [1.82, 2.24) is 15.2 Å². The standard InChI is InChI=1S/C26H35N3O4S/c1-6-19(30)11-21(26(3,4)5)25(33)29-14-20(31)12-22(29)24(32)27-13-17-7-9-18(10-8-17)23-16(2)28-15-34-23/h7-10,15,20-22,31H,6,11-14H2,1-5H3,(H,27,32)/t20-,21-,22+/m0/s1. The highest BCUT2D eigenvalue weighted by atomic mass is 32.1. The maximum absolute atomic E-state index is 13.4. The van der Waals surface area contributed by atoms with Crippen molar-refractivity contribution in [2.45, 2.75) is 72.6 Å². The molecule has 2 N–H and O–H groups in total. The molecule has 1 aliphatic rings. The number of carbonyl (C=O) groups is 3. The van der Waals surface area contributed by atoms with Crippen LogP contribution < -0.4 is 5.32 Å². The molecule has 2 heterocycles. The van der Waals surface area contributed by atoms with Crippen LogP contribution in [0.15, 0.2) is 29.8 Å². The van der Waals surface area contributed by atoms with Crippen LogP contribution in [0, 0.1) is 18.3 Å². The Morgan fingerprint density at radius 3 is 2.47 bits per heavy atom. The molecular weight excluding hydrogens is 450 g/mol. The van der Waals surface area contributed by atoms with Gasteiger partial charge in [0.1, 0.15) is 11.8 Å². The van der Waals surface area contributed by atoms with Gasteiger partial charge in [0.25, 0.3) is 0 Å². The number of thiazole rings is 1. The number of rotatable bonds is 8. The molecule has 2 aromatic rings. The Hall–Kier alpha value is -2.58. The SMILES string of the molecule is CCC(=O)C[C@@H](C(=O)N1C[C@@H](O)C[C@@H]1C(=O)NCc1ccc(-c2scnc2C)cc1)C(C)(C)C. The second kappa shape index (κ2) is 10.8. The third-order valence-corrected chi connectivity index (χ3v) is 7.44. The molecule has 1 aliphatic heterocycles. The minimum absolute atomic E-state index is 0.0194. The molecule has 1 aromatic carbocycles. The molecule has 3 rings (SSSR count). The molecule has 0 aliphatic carbocycles. The summed E-state index contributed by atoms with van der Waals surface area (Å²) in [5.41, 5.74) is 4.40. The van der Waals surface area contributed by atoms with Crippen LogP contribution in [-0.2, 0) is 20.9 Å².